The normalized spacial score (nSPS) is 10.7. The molecule has 0 saturated heterocycles. The van der Waals surface area contributed by atoms with Crippen LogP contribution in [0, 0.1) is 0 Å². The number of nitrogens with one attached hydrogen (secondary N) is 1. The zero-order chi connectivity index (χ0) is 26.6. The molecule has 0 aromatic heterocycles. The van der Waals surface area contributed by atoms with E-state index in [9.17, 15) is 9.59 Å². The van der Waals surface area contributed by atoms with E-state index in [1.54, 1.807) is 37.3 Å². The topological polar surface area (TPSA) is 121 Å². The van der Waals surface area contributed by atoms with E-state index < -0.39 is 11.8 Å². The van der Waals surface area contributed by atoms with Crippen molar-refractivity contribution in [2.45, 2.75) is 20.5 Å². The minimum Gasteiger partial charge on any atom is -0.490 e. The lowest BCUT2D eigenvalue weighted by Gasteiger charge is -2.13. The number of rotatable bonds is 13. The van der Waals surface area contributed by atoms with Crippen LogP contribution in [0.3, 0.4) is 0 Å². The molecule has 3 aromatic rings. The third-order valence-corrected chi connectivity index (χ3v) is 5.09. The van der Waals surface area contributed by atoms with Crippen LogP contribution in [0.15, 0.2) is 65.8 Å². The van der Waals surface area contributed by atoms with Gasteiger partial charge in [0.2, 0.25) is 0 Å². The zero-order valence-corrected chi connectivity index (χ0v) is 21.3. The molecule has 0 bridgehead atoms. The number of nitrogens with zero attached hydrogens (tertiary/aromatic N) is 1. The van der Waals surface area contributed by atoms with Gasteiger partial charge in [0.1, 0.15) is 6.61 Å². The molecule has 194 valence electrons. The largest absolute Gasteiger partial charge is 0.490 e. The standard InChI is InChI=1S/C27H28ClN3O6/c1-3-34-23-14-20(10-11-22(23)36-16-18-8-6-5-7-9-18)27(33)31-30-15-19-12-21(28)26(37-17-25(29)32)24(13-19)35-4-2/h5-15H,3-4,16-17H2,1-2H3,(H2,29,32)(H,31,33)/b30-15+. The average molecular weight is 526 g/mol. The van der Waals surface area contributed by atoms with Crippen molar-refractivity contribution < 1.29 is 28.5 Å². The maximum Gasteiger partial charge on any atom is 0.271 e. The molecular weight excluding hydrogens is 498 g/mol. The number of hydrogen-bond acceptors (Lipinski definition) is 7. The van der Waals surface area contributed by atoms with Gasteiger partial charge >= 0.3 is 0 Å². The third kappa shape index (κ3) is 8.15. The summed E-state index contributed by atoms with van der Waals surface area (Å²) in [6.45, 7) is 4.42. The number of amides is 2. The molecule has 3 aromatic carbocycles. The van der Waals surface area contributed by atoms with Gasteiger partial charge in [-0.15, -0.1) is 0 Å². The number of nitrogens with two attached hydrogens (primary N) is 1. The smallest absolute Gasteiger partial charge is 0.271 e. The lowest BCUT2D eigenvalue weighted by molar-refractivity contribution is -0.119. The number of carbonyl (C=O) groups is 2. The van der Waals surface area contributed by atoms with E-state index in [4.69, 9.17) is 36.3 Å². The molecule has 0 heterocycles. The first kappa shape index (κ1) is 27.3. The molecule has 0 unspecified atom stereocenters. The van der Waals surface area contributed by atoms with Crippen molar-refractivity contribution in [2.75, 3.05) is 19.8 Å². The zero-order valence-electron chi connectivity index (χ0n) is 20.5. The molecule has 0 fully saturated rings. The molecular formula is C27H28ClN3O6. The van der Waals surface area contributed by atoms with Crippen molar-refractivity contribution in [2.24, 2.45) is 10.8 Å². The van der Waals surface area contributed by atoms with Gasteiger partial charge in [0.15, 0.2) is 29.6 Å². The highest BCUT2D eigenvalue weighted by molar-refractivity contribution is 6.32. The molecule has 9 nitrogen and oxygen atoms in total. The van der Waals surface area contributed by atoms with Gasteiger partial charge in [-0.3, -0.25) is 9.59 Å². The second-order valence-electron chi connectivity index (χ2n) is 7.59. The summed E-state index contributed by atoms with van der Waals surface area (Å²) in [5.41, 5.74) is 9.51. The number of benzene rings is 3. The second-order valence-corrected chi connectivity index (χ2v) is 7.99. The summed E-state index contributed by atoms with van der Waals surface area (Å²) in [7, 11) is 0. The summed E-state index contributed by atoms with van der Waals surface area (Å²) >= 11 is 6.29. The van der Waals surface area contributed by atoms with Crippen LogP contribution >= 0.6 is 11.6 Å². The highest BCUT2D eigenvalue weighted by Crippen LogP contribution is 2.36. The fraction of sp³-hybridized carbons (Fsp3) is 0.222. The van der Waals surface area contributed by atoms with E-state index in [2.05, 4.69) is 10.5 Å². The monoisotopic (exact) mass is 525 g/mol. The van der Waals surface area contributed by atoms with Gasteiger partial charge in [-0.05, 0) is 55.3 Å². The van der Waals surface area contributed by atoms with Gasteiger partial charge in [-0.25, -0.2) is 5.43 Å². The van der Waals surface area contributed by atoms with Crippen LogP contribution in [0.4, 0.5) is 0 Å². The lowest BCUT2D eigenvalue weighted by Crippen LogP contribution is -2.20. The Bertz CT molecular complexity index is 1250. The van der Waals surface area contributed by atoms with Crippen molar-refractivity contribution >= 4 is 29.6 Å². The van der Waals surface area contributed by atoms with E-state index in [0.717, 1.165) is 5.56 Å². The van der Waals surface area contributed by atoms with Crippen LogP contribution in [-0.2, 0) is 11.4 Å². The van der Waals surface area contributed by atoms with E-state index in [1.165, 1.54) is 6.21 Å². The first-order valence-corrected chi connectivity index (χ1v) is 11.9. The molecule has 0 aliphatic heterocycles. The van der Waals surface area contributed by atoms with Crippen molar-refractivity contribution in [1.82, 2.24) is 5.43 Å². The van der Waals surface area contributed by atoms with Crippen LogP contribution in [0.25, 0.3) is 0 Å². The van der Waals surface area contributed by atoms with Gasteiger partial charge in [-0.2, -0.15) is 5.10 Å². The summed E-state index contributed by atoms with van der Waals surface area (Å²) in [5, 5.41) is 4.21. The third-order valence-electron chi connectivity index (χ3n) is 4.81. The van der Waals surface area contributed by atoms with Gasteiger partial charge in [0.05, 0.1) is 24.5 Å². The summed E-state index contributed by atoms with van der Waals surface area (Å²) in [6.07, 6.45) is 1.41. The molecule has 3 N–H and O–H groups in total. The highest BCUT2D eigenvalue weighted by atomic mass is 35.5. The summed E-state index contributed by atoms with van der Waals surface area (Å²) in [4.78, 5) is 23.7. The van der Waals surface area contributed by atoms with Crippen LogP contribution < -0.4 is 30.1 Å². The summed E-state index contributed by atoms with van der Waals surface area (Å²) in [6, 6.07) is 17.8. The predicted octanol–water partition coefficient (Wildman–Crippen LogP) is 4.34. The number of primary amides is 1. The second kappa shape index (κ2) is 13.7. The molecule has 0 aliphatic rings. The SMILES string of the molecule is CCOc1cc(C(=O)N/N=C/c2cc(Cl)c(OCC(N)=O)c(OCC)c2)ccc1OCc1ccccc1. The van der Waals surface area contributed by atoms with Gasteiger partial charge in [0, 0.05) is 5.56 Å². The Kier molecular flexibility index (Phi) is 10.2. The Hall–Kier alpha value is -4.24. The lowest BCUT2D eigenvalue weighted by atomic mass is 10.2. The molecule has 3 rings (SSSR count). The van der Waals surface area contributed by atoms with E-state index >= 15 is 0 Å². The molecule has 0 aliphatic carbocycles. The van der Waals surface area contributed by atoms with Crippen LogP contribution in [0.5, 0.6) is 23.0 Å². The molecule has 10 heteroatoms. The summed E-state index contributed by atoms with van der Waals surface area (Å²) in [5.74, 6) is 0.412. The van der Waals surface area contributed by atoms with Crippen molar-refractivity contribution in [1.29, 1.82) is 0 Å². The van der Waals surface area contributed by atoms with Gasteiger partial charge < -0.3 is 24.7 Å². The Morgan fingerprint density at radius 2 is 1.65 bits per heavy atom. The maximum absolute atomic E-state index is 12.7. The highest BCUT2D eigenvalue weighted by Gasteiger charge is 2.14. The van der Waals surface area contributed by atoms with E-state index in [1.807, 2.05) is 37.3 Å². The Balaban J connectivity index is 1.69. The van der Waals surface area contributed by atoms with Gasteiger partial charge in [-0.1, -0.05) is 41.9 Å². The molecule has 2 amide bonds. The average Bonchev–Trinajstić information content (AvgIpc) is 2.88. The van der Waals surface area contributed by atoms with Crippen molar-refractivity contribution in [3.05, 3.63) is 82.4 Å². The van der Waals surface area contributed by atoms with Crippen molar-refractivity contribution in [3.63, 3.8) is 0 Å². The predicted molar refractivity (Wildman–Crippen MR) is 141 cm³/mol. The Morgan fingerprint density at radius 3 is 2.35 bits per heavy atom. The number of carbonyl (C=O) groups excluding carboxylic acids is 2. The first-order valence-electron chi connectivity index (χ1n) is 11.6. The number of hydrazone groups is 1. The molecule has 0 atom stereocenters. The Morgan fingerprint density at radius 1 is 0.919 bits per heavy atom. The van der Waals surface area contributed by atoms with Crippen LogP contribution in [0.2, 0.25) is 5.02 Å². The molecule has 37 heavy (non-hydrogen) atoms. The summed E-state index contributed by atoms with van der Waals surface area (Å²) < 4.78 is 22.5. The quantitative estimate of drug-likeness (QED) is 0.253. The van der Waals surface area contributed by atoms with Gasteiger partial charge in [0.25, 0.3) is 11.8 Å². The van der Waals surface area contributed by atoms with Crippen molar-refractivity contribution in [3.8, 4) is 23.0 Å². The number of hydrogen-bond donors (Lipinski definition) is 2. The minimum atomic E-state index is -0.643. The fourth-order valence-corrected chi connectivity index (χ4v) is 3.48. The number of halogens is 1. The minimum absolute atomic E-state index is 0.196. The number of ether oxygens (including phenoxy) is 4. The van der Waals surface area contributed by atoms with Crippen LogP contribution in [-0.4, -0.2) is 37.8 Å². The Labute approximate surface area is 220 Å². The molecule has 0 radical (unpaired) electrons. The van der Waals surface area contributed by atoms with Crippen LogP contribution in [0.1, 0.15) is 35.3 Å². The van der Waals surface area contributed by atoms with E-state index in [0.29, 0.717) is 48.2 Å². The fourth-order valence-electron chi connectivity index (χ4n) is 3.21. The first-order chi connectivity index (χ1) is 17.9. The van der Waals surface area contributed by atoms with E-state index in [-0.39, 0.29) is 17.4 Å². The molecule has 0 spiro atoms. The maximum atomic E-state index is 12.7. The molecule has 0 saturated carbocycles.